The predicted octanol–water partition coefficient (Wildman–Crippen LogP) is 4.92. The number of carbonyl (C=O) groups excluding carboxylic acids is 1. The Morgan fingerprint density at radius 2 is 1.59 bits per heavy atom. The van der Waals surface area contributed by atoms with Crippen LogP contribution >= 0.6 is 11.6 Å². The lowest BCUT2D eigenvalue weighted by Crippen LogP contribution is -2.27. The third-order valence-corrected chi connectivity index (χ3v) is 4.99. The molecule has 0 bridgehead atoms. The van der Waals surface area contributed by atoms with Gasteiger partial charge in [-0.1, -0.05) is 72.3 Å². The summed E-state index contributed by atoms with van der Waals surface area (Å²) >= 11 is 6.45. The number of nitrogens with one attached hydrogen (secondary N) is 1. The summed E-state index contributed by atoms with van der Waals surface area (Å²) in [6.07, 6.45) is 3.31. The van der Waals surface area contributed by atoms with Crippen LogP contribution in [0.25, 0.3) is 6.08 Å². The van der Waals surface area contributed by atoms with E-state index in [9.17, 15) is 9.59 Å². The number of carbonyl (C=O) groups is 2. The normalized spacial score (nSPS) is 10.8. The SMILES string of the molecule is O=C(O)/C=C/c1cc(CC(=O)NCCc2ccccc2)cc(Cl)c1OCc1ccccc1. The van der Waals surface area contributed by atoms with Crippen LogP contribution in [0.2, 0.25) is 5.02 Å². The molecule has 0 spiro atoms. The first-order valence-electron chi connectivity index (χ1n) is 10.2. The molecule has 0 aliphatic carbocycles. The van der Waals surface area contributed by atoms with E-state index < -0.39 is 5.97 Å². The molecule has 0 aromatic heterocycles. The van der Waals surface area contributed by atoms with Crippen LogP contribution < -0.4 is 10.1 Å². The Morgan fingerprint density at radius 3 is 2.25 bits per heavy atom. The first kappa shape index (κ1) is 23.1. The molecule has 3 aromatic rings. The summed E-state index contributed by atoms with van der Waals surface area (Å²) in [5, 5.41) is 12.2. The van der Waals surface area contributed by atoms with Gasteiger partial charge in [0.15, 0.2) is 0 Å². The van der Waals surface area contributed by atoms with E-state index in [0.717, 1.165) is 23.6 Å². The van der Waals surface area contributed by atoms with Gasteiger partial charge in [-0.15, -0.1) is 0 Å². The first-order chi connectivity index (χ1) is 15.5. The smallest absolute Gasteiger partial charge is 0.328 e. The van der Waals surface area contributed by atoms with Crippen LogP contribution in [-0.4, -0.2) is 23.5 Å². The largest absolute Gasteiger partial charge is 0.487 e. The van der Waals surface area contributed by atoms with Crippen molar-refractivity contribution in [3.05, 3.63) is 106 Å². The summed E-state index contributed by atoms with van der Waals surface area (Å²) in [6, 6.07) is 22.9. The number of carboxylic acids is 1. The van der Waals surface area contributed by atoms with Crippen LogP contribution in [0.1, 0.15) is 22.3 Å². The highest BCUT2D eigenvalue weighted by Gasteiger charge is 2.13. The summed E-state index contributed by atoms with van der Waals surface area (Å²) in [7, 11) is 0. The van der Waals surface area contributed by atoms with E-state index in [0.29, 0.717) is 28.4 Å². The molecule has 0 radical (unpaired) electrons. The molecule has 2 N–H and O–H groups in total. The lowest BCUT2D eigenvalue weighted by Gasteiger charge is -2.14. The fraction of sp³-hybridized carbons (Fsp3) is 0.154. The maximum Gasteiger partial charge on any atom is 0.328 e. The standard InChI is InChI=1S/C26H24ClNO4/c27-23-16-21(17-24(29)28-14-13-19-7-3-1-4-8-19)15-22(11-12-25(30)31)26(23)32-18-20-9-5-2-6-10-20/h1-12,15-16H,13-14,17-18H2,(H,28,29)(H,30,31)/b12-11+. The van der Waals surface area contributed by atoms with E-state index in [2.05, 4.69) is 5.32 Å². The van der Waals surface area contributed by atoms with Crippen molar-refractivity contribution in [1.29, 1.82) is 0 Å². The molecule has 0 aliphatic heterocycles. The Labute approximate surface area is 192 Å². The summed E-state index contributed by atoms with van der Waals surface area (Å²) in [6.45, 7) is 0.814. The quantitative estimate of drug-likeness (QED) is 0.431. The molecule has 164 valence electrons. The highest BCUT2D eigenvalue weighted by molar-refractivity contribution is 6.32. The first-order valence-corrected chi connectivity index (χ1v) is 10.6. The van der Waals surface area contributed by atoms with Gasteiger partial charge < -0.3 is 15.2 Å². The van der Waals surface area contributed by atoms with Gasteiger partial charge in [0.05, 0.1) is 11.4 Å². The highest BCUT2D eigenvalue weighted by Crippen LogP contribution is 2.32. The van der Waals surface area contributed by atoms with Crippen molar-refractivity contribution in [2.24, 2.45) is 0 Å². The number of halogens is 1. The Balaban J connectivity index is 1.69. The average Bonchev–Trinajstić information content (AvgIpc) is 2.78. The van der Waals surface area contributed by atoms with Crippen molar-refractivity contribution in [2.75, 3.05) is 6.54 Å². The summed E-state index contributed by atoms with van der Waals surface area (Å²) < 4.78 is 5.88. The fourth-order valence-corrected chi connectivity index (χ4v) is 3.48. The van der Waals surface area contributed by atoms with Crippen molar-refractivity contribution in [3.8, 4) is 5.75 Å². The Hall–Kier alpha value is -3.57. The van der Waals surface area contributed by atoms with Gasteiger partial charge in [0.1, 0.15) is 12.4 Å². The number of hydrogen-bond acceptors (Lipinski definition) is 3. The van der Waals surface area contributed by atoms with Gasteiger partial charge in [0.2, 0.25) is 5.91 Å². The Kier molecular flexibility index (Phi) is 8.46. The molecule has 32 heavy (non-hydrogen) atoms. The van der Waals surface area contributed by atoms with Gasteiger partial charge in [-0.3, -0.25) is 4.79 Å². The van der Waals surface area contributed by atoms with Crippen LogP contribution in [-0.2, 0) is 29.0 Å². The van der Waals surface area contributed by atoms with E-state index >= 15 is 0 Å². The monoisotopic (exact) mass is 449 g/mol. The molecule has 0 heterocycles. The molecule has 5 nitrogen and oxygen atoms in total. The van der Waals surface area contributed by atoms with E-state index in [1.165, 1.54) is 6.08 Å². The van der Waals surface area contributed by atoms with E-state index in [4.69, 9.17) is 21.4 Å². The van der Waals surface area contributed by atoms with Crippen molar-refractivity contribution < 1.29 is 19.4 Å². The van der Waals surface area contributed by atoms with Crippen LogP contribution in [0.4, 0.5) is 0 Å². The molecule has 0 unspecified atom stereocenters. The van der Waals surface area contributed by atoms with Gasteiger partial charge in [0.25, 0.3) is 0 Å². The zero-order chi connectivity index (χ0) is 22.8. The minimum atomic E-state index is -1.08. The molecular weight excluding hydrogens is 426 g/mol. The topological polar surface area (TPSA) is 75.6 Å². The van der Waals surface area contributed by atoms with Crippen molar-refractivity contribution >= 4 is 29.6 Å². The van der Waals surface area contributed by atoms with Crippen molar-refractivity contribution in [2.45, 2.75) is 19.4 Å². The van der Waals surface area contributed by atoms with Crippen LogP contribution in [0.15, 0.2) is 78.9 Å². The highest BCUT2D eigenvalue weighted by atomic mass is 35.5. The minimum Gasteiger partial charge on any atom is -0.487 e. The second-order valence-electron chi connectivity index (χ2n) is 7.20. The van der Waals surface area contributed by atoms with Gasteiger partial charge in [-0.2, -0.15) is 0 Å². The van der Waals surface area contributed by atoms with Crippen molar-refractivity contribution in [1.82, 2.24) is 5.32 Å². The molecule has 0 saturated carbocycles. The summed E-state index contributed by atoms with van der Waals surface area (Å²) in [5.74, 6) is -0.844. The van der Waals surface area contributed by atoms with E-state index in [1.807, 2.05) is 60.7 Å². The second-order valence-corrected chi connectivity index (χ2v) is 7.61. The molecule has 6 heteroatoms. The van der Waals surface area contributed by atoms with Crippen LogP contribution in [0.5, 0.6) is 5.75 Å². The third kappa shape index (κ3) is 7.29. The summed E-state index contributed by atoms with van der Waals surface area (Å²) in [5.41, 5.74) is 3.28. The van der Waals surface area contributed by atoms with Crippen molar-refractivity contribution in [3.63, 3.8) is 0 Å². The second kappa shape index (κ2) is 11.7. The number of amides is 1. The summed E-state index contributed by atoms with van der Waals surface area (Å²) in [4.78, 5) is 23.4. The average molecular weight is 450 g/mol. The zero-order valence-electron chi connectivity index (χ0n) is 17.5. The number of hydrogen-bond donors (Lipinski definition) is 2. The Morgan fingerprint density at radius 1 is 0.938 bits per heavy atom. The zero-order valence-corrected chi connectivity index (χ0v) is 18.2. The van der Waals surface area contributed by atoms with Crippen LogP contribution in [0.3, 0.4) is 0 Å². The number of rotatable bonds is 10. The number of benzene rings is 3. The molecule has 0 aliphatic rings. The molecular formula is C26H24ClNO4. The Bertz CT molecular complexity index is 1080. The molecule has 0 fully saturated rings. The molecule has 1 amide bonds. The molecule has 0 atom stereocenters. The van der Waals surface area contributed by atoms with E-state index in [-0.39, 0.29) is 18.9 Å². The number of aliphatic carboxylic acids is 1. The van der Waals surface area contributed by atoms with Gasteiger partial charge >= 0.3 is 5.97 Å². The fourth-order valence-electron chi connectivity index (χ4n) is 3.18. The lowest BCUT2D eigenvalue weighted by molar-refractivity contribution is -0.131. The van der Waals surface area contributed by atoms with Gasteiger partial charge in [-0.05, 0) is 41.3 Å². The lowest BCUT2D eigenvalue weighted by atomic mass is 10.1. The number of ether oxygens (including phenoxy) is 1. The molecule has 3 rings (SSSR count). The maximum absolute atomic E-state index is 12.4. The number of carboxylic acid groups (broad SMARTS) is 1. The molecule has 3 aromatic carbocycles. The van der Waals surface area contributed by atoms with E-state index in [1.54, 1.807) is 12.1 Å². The minimum absolute atomic E-state index is 0.126. The van der Waals surface area contributed by atoms with Gasteiger partial charge in [-0.25, -0.2) is 4.79 Å². The third-order valence-electron chi connectivity index (χ3n) is 4.71. The van der Waals surface area contributed by atoms with Gasteiger partial charge in [0, 0.05) is 18.2 Å². The van der Waals surface area contributed by atoms with Crippen LogP contribution in [0, 0.1) is 0 Å². The molecule has 0 saturated heterocycles. The predicted molar refractivity (Wildman–Crippen MR) is 126 cm³/mol. The maximum atomic E-state index is 12.4.